The zero-order valence-corrected chi connectivity index (χ0v) is 13.5. The number of benzene rings is 1. The number of carbonyl (C=O) groups excluding carboxylic acids is 1. The Hall–Kier alpha value is -2.51. The van der Waals surface area contributed by atoms with Crippen molar-refractivity contribution in [3.05, 3.63) is 47.3 Å². The van der Waals surface area contributed by atoms with E-state index < -0.39 is 6.36 Å². The van der Waals surface area contributed by atoms with Gasteiger partial charge in [0, 0.05) is 18.3 Å². The molecule has 0 aliphatic rings. The van der Waals surface area contributed by atoms with E-state index in [2.05, 4.69) is 15.2 Å². The lowest BCUT2D eigenvalue weighted by molar-refractivity contribution is -0.274. The molecule has 24 heavy (non-hydrogen) atoms. The van der Waals surface area contributed by atoms with Gasteiger partial charge in [-0.05, 0) is 31.5 Å². The summed E-state index contributed by atoms with van der Waals surface area (Å²) in [5, 5.41) is 6.98. The second kappa shape index (κ2) is 6.94. The number of aromatic nitrogens is 2. The molecule has 0 spiro atoms. The normalized spacial score (nSPS) is 12.8. The number of nitrogens with one attached hydrogen (secondary N) is 1. The highest BCUT2D eigenvalue weighted by atomic mass is 19.4. The standard InChI is InChI=1S/C16H18F3N3O2/c1-10(14-9-20-22(3)11(14)2)21-15(23)8-12-4-6-13(7-5-12)24-16(17,18)19/h4-7,9-10H,8H2,1-3H3,(H,21,23)/t10-/m1/s1. The van der Waals surface area contributed by atoms with E-state index in [9.17, 15) is 18.0 Å². The van der Waals surface area contributed by atoms with E-state index in [4.69, 9.17) is 0 Å². The molecule has 0 unspecified atom stereocenters. The summed E-state index contributed by atoms with van der Waals surface area (Å²) in [7, 11) is 1.82. The first-order chi connectivity index (χ1) is 11.2. The largest absolute Gasteiger partial charge is 0.573 e. The number of amides is 1. The van der Waals surface area contributed by atoms with E-state index in [1.807, 2.05) is 20.9 Å². The lowest BCUT2D eigenvalue weighted by atomic mass is 10.1. The van der Waals surface area contributed by atoms with Crippen molar-refractivity contribution in [3.63, 3.8) is 0 Å². The van der Waals surface area contributed by atoms with Crippen LogP contribution in [0.25, 0.3) is 0 Å². The fourth-order valence-corrected chi connectivity index (χ4v) is 2.31. The first kappa shape index (κ1) is 17.8. The molecular formula is C16H18F3N3O2. The number of alkyl halides is 3. The van der Waals surface area contributed by atoms with Gasteiger partial charge in [0.25, 0.3) is 0 Å². The molecule has 1 aromatic heterocycles. The molecule has 0 fully saturated rings. The Kier molecular flexibility index (Phi) is 5.16. The van der Waals surface area contributed by atoms with E-state index in [0.29, 0.717) is 5.56 Å². The van der Waals surface area contributed by atoms with Crippen LogP contribution in [-0.4, -0.2) is 22.1 Å². The summed E-state index contributed by atoms with van der Waals surface area (Å²) in [4.78, 5) is 12.1. The highest BCUT2D eigenvalue weighted by Gasteiger charge is 2.30. The zero-order valence-electron chi connectivity index (χ0n) is 13.5. The summed E-state index contributed by atoms with van der Waals surface area (Å²) >= 11 is 0. The average Bonchev–Trinajstić information content (AvgIpc) is 2.79. The van der Waals surface area contributed by atoms with E-state index in [0.717, 1.165) is 11.3 Å². The van der Waals surface area contributed by atoms with E-state index in [1.165, 1.54) is 24.3 Å². The molecule has 0 aliphatic carbocycles. The van der Waals surface area contributed by atoms with Crippen LogP contribution in [0.1, 0.15) is 29.8 Å². The van der Waals surface area contributed by atoms with Crippen molar-refractivity contribution >= 4 is 5.91 Å². The SMILES string of the molecule is Cc1c([C@@H](C)NC(=O)Cc2ccc(OC(F)(F)F)cc2)cnn1C. The first-order valence-corrected chi connectivity index (χ1v) is 7.28. The van der Waals surface area contributed by atoms with Gasteiger partial charge in [0.1, 0.15) is 5.75 Å². The van der Waals surface area contributed by atoms with E-state index in [-0.39, 0.29) is 24.1 Å². The Morgan fingerprint density at radius 3 is 2.46 bits per heavy atom. The maximum Gasteiger partial charge on any atom is 0.573 e. The van der Waals surface area contributed by atoms with Crippen molar-refractivity contribution in [3.8, 4) is 5.75 Å². The zero-order chi connectivity index (χ0) is 17.9. The third kappa shape index (κ3) is 4.74. The maximum atomic E-state index is 12.1. The Morgan fingerprint density at radius 2 is 1.96 bits per heavy atom. The van der Waals surface area contributed by atoms with Crippen LogP contribution in [0.15, 0.2) is 30.5 Å². The smallest absolute Gasteiger partial charge is 0.406 e. The van der Waals surface area contributed by atoms with Crippen LogP contribution >= 0.6 is 0 Å². The molecule has 1 N–H and O–H groups in total. The molecule has 0 radical (unpaired) electrons. The van der Waals surface area contributed by atoms with Crippen LogP contribution in [-0.2, 0) is 18.3 Å². The lowest BCUT2D eigenvalue weighted by Crippen LogP contribution is -2.28. The molecule has 1 aromatic carbocycles. The van der Waals surface area contributed by atoms with Crippen molar-refractivity contribution < 1.29 is 22.7 Å². The van der Waals surface area contributed by atoms with Crippen LogP contribution in [0.3, 0.4) is 0 Å². The quantitative estimate of drug-likeness (QED) is 0.909. The van der Waals surface area contributed by atoms with Crippen molar-refractivity contribution in [1.82, 2.24) is 15.1 Å². The topological polar surface area (TPSA) is 56.1 Å². The molecule has 130 valence electrons. The van der Waals surface area contributed by atoms with Crippen LogP contribution in [0.5, 0.6) is 5.75 Å². The summed E-state index contributed by atoms with van der Waals surface area (Å²) in [5.41, 5.74) is 2.47. The second-order valence-corrected chi connectivity index (χ2v) is 5.47. The molecule has 8 heteroatoms. The Labute approximate surface area is 137 Å². The van der Waals surface area contributed by atoms with Crippen molar-refractivity contribution in [2.75, 3.05) is 0 Å². The molecule has 5 nitrogen and oxygen atoms in total. The van der Waals surface area contributed by atoms with Crippen molar-refractivity contribution in [2.45, 2.75) is 32.7 Å². The maximum absolute atomic E-state index is 12.1. The molecule has 0 bridgehead atoms. The van der Waals surface area contributed by atoms with Crippen molar-refractivity contribution in [2.24, 2.45) is 7.05 Å². The summed E-state index contributed by atoms with van der Waals surface area (Å²) in [5.74, 6) is -0.541. The number of halogens is 3. The summed E-state index contributed by atoms with van der Waals surface area (Å²) in [6.45, 7) is 3.76. The average molecular weight is 341 g/mol. The summed E-state index contributed by atoms with van der Waals surface area (Å²) < 4.78 is 41.8. The predicted molar refractivity (Wildman–Crippen MR) is 81.3 cm³/mol. The molecule has 0 aliphatic heterocycles. The van der Waals surface area contributed by atoms with Gasteiger partial charge in [-0.2, -0.15) is 5.10 Å². The fourth-order valence-electron chi connectivity index (χ4n) is 2.31. The molecule has 2 rings (SSSR count). The minimum Gasteiger partial charge on any atom is -0.406 e. The molecule has 1 amide bonds. The number of carbonyl (C=O) groups is 1. The van der Waals surface area contributed by atoms with Crippen LogP contribution < -0.4 is 10.1 Å². The van der Waals surface area contributed by atoms with Gasteiger partial charge in [-0.3, -0.25) is 9.48 Å². The lowest BCUT2D eigenvalue weighted by Gasteiger charge is -2.14. The number of hydrogen-bond donors (Lipinski definition) is 1. The first-order valence-electron chi connectivity index (χ1n) is 7.28. The molecule has 0 saturated heterocycles. The van der Waals surface area contributed by atoms with Crippen LogP contribution in [0.2, 0.25) is 0 Å². The molecule has 1 atom stereocenters. The van der Waals surface area contributed by atoms with Gasteiger partial charge in [0.05, 0.1) is 18.7 Å². The number of aryl methyl sites for hydroxylation is 1. The number of nitrogens with zero attached hydrogens (tertiary/aromatic N) is 2. The fraction of sp³-hybridized carbons (Fsp3) is 0.375. The number of ether oxygens (including phenoxy) is 1. The van der Waals surface area contributed by atoms with Gasteiger partial charge in [-0.1, -0.05) is 12.1 Å². The second-order valence-electron chi connectivity index (χ2n) is 5.47. The van der Waals surface area contributed by atoms with E-state index >= 15 is 0 Å². The van der Waals surface area contributed by atoms with Gasteiger partial charge < -0.3 is 10.1 Å². The Morgan fingerprint density at radius 1 is 1.33 bits per heavy atom. The van der Waals surface area contributed by atoms with Gasteiger partial charge in [0.15, 0.2) is 0 Å². The minimum absolute atomic E-state index is 0.0654. The van der Waals surface area contributed by atoms with Gasteiger partial charge in [-0.25, -0.2) is 0 Å². The Bertz CT molecular complexity index is 708. The predicted octanol–water partition coefficient (Wildman–Crippen LogP) is 3.05. The third-order valence-electron chi connectivity index (χ3n) is 3.64. The van der Waals surface area contributed by atoms with Gasteiger partial charge in [0.2, 0.25) is 5.91 Å². The molecular weight excluding hydrogens is 323 g/mol. The summed E-state index contributed by atoms with van der Waals surface area (Å²) in [6, 6.07) is 5.02. The molecule has 0 saturated carbocycles. The third-order valence-corrected chi connectivity index (χ3v) is 3.64. The monoisotopic (exact) mass is 341 g/mol. The van der Waals surface area contributed by atoms with E-state index in [1.54, 1.807) is 10.9 Å². The molecule has 1 heterocycles. The van der Waals surface area contributed by atoms with Gasteiger partial charge >= 0.3 is 6.36 Å². The van der Waals surface area contributed by atoms with Gasteiger partial charge in [-0.15, -0.1) is 13.2 Å². The number of rotatable bonds is 5. The molecule has 2 aromatic rings. The van der Waals surface area contributed by atoms with Crippen molar-refractivity contribution in [1.29, 1.82) is 0 Å². The highest BCUT2D eigenvalue weighted by Crippen LogP contribution is 2.23. The highest BCUT2D eigenvalue weighted by molar-refractivity contribution is 5.79. The minimum atomic E-state index is -4.73. The summed E-state index contributed by atoms with van der Waals surface area (Å²) in [6.07, 6.45) is -2.96. The Balaban J connectivity index is 1.93. The van der Waals surface area contributed by atoms with Crippen LogP contribution in [0, 0.1) is 6.92 Å². The van der Waals surface area contributed by atoms with Crippen LogP contribution in [0.4, 0.5) is 13.2 Å². The number of hydrogen-bond acceptors (Lipinski definition) is 3.